The fourth-order valence-corrected chi connectivity index (χ4v) is 2.87. The van der Waals surface area contributed by atoms with Crippen molar-refractivity contribution in [3.63, 3.8) is 0 Å². The number of nitrogen functional groups attached to an aromatic ring is 1. The number of aryl methyl sites for hydroxylation is 1. The maximum Gasteiger partial charge on any atom is 0.246 e. The highest BCUT2D eigenvalue weighted by Gasteiger charge is 2.25. The molecule has 1 unspecified atom stereocenters. The lowest BCUT2D eigenvalue weighted by molar-refractivity contribution is 0.265. The van der Waals surface area contributed by atoms with Crippen molar-refractivity contribution in [3.05, 3.63) is 5.69 Å². The van der Waals surface area contributed by atoms with E-state index in [1.165, 1.54) is 4.68 Å². The lowest BCUT2D eigenvalue weighted by Gasteiger charge is -2.11. The summed E-state index contributed by atoms with van der Waals surface area (Å²) < 4.78 is 27.5. The van der Waals surface area contributed by atoms with Gasteiger partial charge in [-0.2, -0.15) is 5.10 Å². The van der Waals surface area contributed by atoms with E-state index in [0.29, 0.717) is 5.69 Å². The van der Waals surface area contributed by atoms with Gasteiger partial charge in [0.2, 0.25) is 10.0 Å². The molecule has 0 aliphatic carbocycles. The van der Waals surface area contributed by atoms with Crippen molar-refractivity contribution in [3.8, 4) is 0 Å². The van der Waals surface area contributed by atoms with Crippen molar-refractivity contribution in [2.24, 2.45) is 7.05 Å². The third-order valence-corrected chi connectivity index (χ3v) is 3.96. The SMILES string of the molecule is Cc1c(S(=O)(=O)NC(C)CO)c(N)nn1C. The molecule has 0 radical (unpaired) electrons. The van der Waals surface area contributed by atoms with Gasteiger partial charge in [0.25, 0.3) is 0 Å². The predicted molar refractivity (Wildman–Crippen MR) is 59.2 cm³/mol. The van der Waals surface area contributed by atoms with E-state index in [-0.39, 0.29) is 17.3 Å². The summed E-state index contributed by atoms with van der Waals surface area (Å²) in [5.41, 5.74) is 5.99. The van der Waals surface area contributed by atoms with Crippen LogP contribution in [0.4, 0.5) is 5.82 Å². The van der Waals surface area contributed by atoms with E-state index in [4.69, 9.17) is 10.8 Å². The summed E-state index contributed by atoms with van der Waals surface area (Å²) >= 11 is 0. The molecule has 7 nitrogen and oxygen atoms in total. The van der Waals surface area contributed by atoms with Gasteiger partial charge in [0, 0.05) is 13.1 Å². The Labute approximate surface area is 94.3 Å². The normalized spacial score (nSPS) is 14.0. The Kier molecular flexibility index (Phi) is 3.56. The Morgan fingerprint density at radius 1 is 1.62 bits per heavy atom. The third-order valence-electron chi connectivity index (χ3n) is 2.20. The Morgan fingerprint density at radius 2 is 2.19 bits per heavy atom. The zero-order valence-electron chi connectivity index (χ0n) is 9.43. The molecule has 4 N–H and O–H groups in total. The zero-order valence-corrected chi connectivity index (χ0v) is 10.2. The molecule has 0 fully saturated rings. The molecule has 1 aromatic heterocycles. The summed E-state index contributed by atoms with van der Waals surface area (Å²) in [6.45, 7) is 2.89. The standard InChI is InChI=1S/C8H16N4O3S/c1-5(4-13)11-16(14,15)7-6(2)12(3)10-8(7)9/h5,11,13H,4H2,1-3H3,(H2,9,10). The number of hydrogen-bond acceptors (Lipinski definition) is 5. The molecule has 0 aliphatic rings. The fraction of sp³-hybridized carbons (Fsp3) is 0.625. The summed E-state index contributed by atoms with van der Waals surface area (Å²) in [6.07, 6.45) is 0. The maximum atomic E-state index is 11.9. The Morgan fingerprint density at radius 3 is 2.56 bits per heavy atom. The van der Waals surface area contributed by atoms with Crippen LogP contribution < -0.4 is 10.5 Å². The molecule has 92 valence electrons. The topological polar surface area (TPSA) is 110 Å². The van der Waals surface area contributed by atoms with Gasteiger partial charge in [0.1, 0.15) is 4.90 Å². The molecule has 0 bridgehead atoms. The molecule has 0 saturated carbocycles. The number of nitrogens with zero attached hydrogens (tertiary/aromatic N) is 2. The summed E-state index contributed by atoms with van der Waals surface area (Å²) in [4.78, 5) is -0.0321. The number of aliphatic hydroxyl groups excluding tert-OH is 1. The van der Waals surface area contributed by atoms with Crippen molar-refractivity contribution in [2.75, 3.05) is 12.3 Å². The zero-order chi connectivity index (χ0) is 12.5. The van der Waals surface area contributed by atoms with Crippen LogP contribution in [-0.2, 0) is 17.1 Å². The number of sulfonamides is 1. The Hall–Kier alpha value is -1.12. The van der Waals surface area contributed by atoms with E-state index in [1.54, 1.807) is 20.9 Å². The van der Waals surface area contributed by atoms with Gasteiger partial charge in [0.05, 0.1) is 12.3 Å². The number of rotatable bonds is 4. The van der Waals surface area contributed by atoms with Gasteiger partial charge in [-0.25, -0.2) is 13.1 Å². The number of hydrogen-bond donors (Lipinski definition) is 3. The average Bonchev–Trinajstić information content (AvgIpc) is 2.40. The third kappa shape index (κ3) is 2.34. The minimum absolute atomic E-state index is 0.0321. The number of aromatic nitrogens is 2. The minimum atomic E-state index is -3.73. The van der Waals surface area contributed by atoms with E-state index in [1.807, 2.05) is 0 Å². The highest BCUT2D eigenvalue weighted by Crippen LogP contribution is 2.20. The van der Waals surface area contributed by atoms with E-state index in [9.17, 15) is 8.42 Å². The Balaban J connectivity index is 3.17. The lowest BCUT2D eigenvalue weighted by atomic mass is 10.4. The molecular weight excluding hydrogens is 232 g/mol. The molecule has 0 saturated heterocycles. The summed E-state index contributed by atoms with van der Waals surface area (Å²) in [6, 6.07) is -0.566. The maximum absolute atomic E-state index is 11.9. The van der Waals surface area contributed by atoms with E-state index < -0.39 is 16.1 Å². The van der Waals surface area contributed by atoms with E-state index in [2.05, 4.69) is 9.82 Å². The van der Waals surface area contributed by atoms with Gasteiger partial charge in [-0.1, -0.05) is 0 Å². The molecule has 8 heteroatoms. The number of nitrogens with two attached hydrogens (primary N) is 1. The highest BCUT2D eigenvalue weighted by molar-refractivity contribution is 7.89. The van der Waals surface area contributed by atoms with Gasteiger partial charge in [0.15, 0.2) is 5.82 Å². The first-order valence-corrected chi connectivity index (χ1v) is 6.20. The Bertz CT molecular complexity index is 480. The second kappa shape index (κ2) is 4.40. The molecule has 0 aliphatic heterocycles. The van der Waals surface area contributed by atoms with Gasteiger partial charge in [-0.15, -0.1) is 0 Å². The van der Waals surface area contributed by atoms with Crippen molar-refractivity contribution in [2.45, 2.75) is 24.8 Å². The van der Waals surface area contributed by atoms with Crippen LogP contribution in [0.25, 0.3) is 0 Å². The lowest BCUT2D eigenvalue weighted by Crippen LogP contribution is -2.35. The first-order valence-electron chi connectivity index (χ1n) is 4.72. The van der Waals surface area contributed by atoms with Crippen molar-refractivity contribution in [1.29, 1.82) is 0 Å². The van der Waals surface area contributed by atoms with Crippen molar-refractivity contribution < 1.29 is 13.5 Å². The quantitative estimate of drug-likeness (QED) is 0.631. The van der Waals surface area contributed by atoms with Gasteiger partial charge >= 0.3 is 0 Å². The number of aliphatic hydroxyl groups is 1. The average molecular weight is 248 g/mol. The summed E-state index contributed by atoms with van der Waals surface area (Å²) in [7, 11) is -2.12. The number of anilines is 1. The van der Waals surface area contributed by atoms with Crippen LogP contribution >= 0.6 is 0 Å². The van der Waals surface area contributed by atoms with Crippen LogP contribution in [0.15, 0.2) is 4.90 Å². The van der Waals surface area contributed by atoms with Gasteiger partial charge in [-0.3, -0.25) is 4.68 Å². The summed E-state index contributed by atoms with van der Waals surface area (Å²) in [5.74, 6) is -0.0439. The molecule has 1 atom stereocenters. The molecule has 1 aromatic rings. The van der Waals surface area contributed by atoms with Crippen LogP contribution in [0.2, 0.25) is 0 Å². The fourth-order valence-electron chi connectivity index (χ4n) is 1.31. The largest absolute Gasteiger partial charge is 0.395 e. The molecule has 0 aromatic carbocycles. The molecule has 0 amide bonds. The monoisotopic (exact) mass is 248 g/mol. The van der Waals surface area contributed by atoms with Crippen LogP contribution in [0, 0.1) is 6.92 Å². The smallest absolute Gasteiger partial charge is 0.246 e. The highest BCUT2D eigenvalue weighted by atomic mass is 32.2. The number of nitrogens with one attached hydrogen (secondary N) is 1. The van der Waals surface area contributed by atoms with Crippen LogP contribution in [0.3, 0.4) is 0 Å². The second-order valence-corrected chi connectivity index (χ2v) is 5.28. The summed E-state index contributed by atoms with van der Waals surface area (Å²) in [5, 5.41) is 12.6. The van der Waals surface area contributed by atoms with Crippen molar-refractivity contribution in [1.82, 2.24) is 14.5 Å². The van der Waals surface area contributed by atoms with Crippen molar-refractivity contribution >= 4 is 15.8 Å². The molecule has 0 spiro atoms. The first-order chi connectivity index (χ1) is 7.29. The first kappa shape index (κ1) is 12.9. The predicted octanol–water partition coefficient (Wildman–Crippen LogP) is -1.03. The molecule has 1 heterocycles. The van der Waals surface area contributed by atoms with E-state index in [0.717, 1.165) is 0 Å². The second-order valence-electron chi connectivity index (χ2n) is 3.63. The molecule has 1 rings (SSSR count). The van der Waals surface area contributed by atoms with Crippen LogP contribution in [-0.4, -0.2) is 36.0 Å². The van der Waals surface area contributed by atoms with Gasteiger partial charge in [-0.05, 0) is 13.8 Å². The van der Waals surface area contributed by atoms with Crippen LogP contribution in [0.1, 0.15) is 12.6 Å². The molecule has 16 heavy (non-hydrogen) atoms. The van der Waals surface area contributed by atoms with Crippen LogP contribution in [0.5, 0.6) is 0 Å². The van der Waals surface area contributed by atoms with E-state index >= 15 is 0 Å². The van der Waals surface area contributed by atoms with Gasteiger partial charge < -0.3 is 10.8 Å². The molecular formula is C8H16N4O3S. The minimum Gasteiger partial charge on any atom is -0.395 e.